The molecule has 0 bridgehead atoms. The van der Waals surface area contributed by atoms with E-state index in [2.05, 4.69) is 5.32 Å². The Morgan fingerprint density at radius 3 is 2.35 bits per heavy atom. The second-order valence-electron chi connectivity index (χ2n) is 4.93. The average molecular weight is 278 g/mol. The van der Waals surface area contributed by atoms with E-state index in [-0.39, 0.29) is 11.8 Å². The van der Waals surface area contributed by atoms with Crippen molar-refractivity contribution in [2.24, 2.45) is 0 Å². The highest BCUT2D eigenvalue weighted by molar-refractivity contribution is 5.96. The molecule has 6 heteroatoms. The lowest BCUT2D eigenvalue weighted by Gasteiger charge is -2.23. The molecule has 0 unspecified atom stereocenters. The van der Waals surface area contributed by atoms with Crippen LogP contribution in [0.3, 0.4) is 0 Å². The Morgan fingerprint density at radius 2 is 1.80 bits per heavy atom. The van der Waals surface area contributed by atoms with Gasteiger partial charge in [-0.05, 0) is 37.1 Å². The summed E-state index contributed by atoms with van der Waals surface area (Å²) in [5.41, 5.74) is 0.445. The average Bonchev–Trinajstić information content (AvgIpc) is 2.89. The number of amides is 2. The summed E-state index contributed by atoms with van der Waals surface area (Å²) in [4.78, 5) is 24.3. The first-order valence-corrected chi connectivity index (χ1v) is 6.65. The number of phenolic OH excluding ortho intramolecular Hbond substituents is 1. The lowest BCUT2D eigenvalue weighted by Crippen LogP contribution is -2.46. The maximum absolute atomic E-state index is 12.2. The second kappa shape index (κ2) is 6.27. The van der Waals surface area contributed by atoms with Crippen LogP contribution in [0.25, 0.3) is 0 Å². The van der Waals surface area contributed by atoms with Crippen LogP contribution in [0.1, 0.15) is 25.7 Å². The summed E-state index contributed by atoms with van der Waals surface area (Å²) in [5.74, 6) is -1.01. The molecule has 3 N–H and O–H groups in total. The number of carboxylic acid groups (broad SMARTS) is 1. The highest BCUT2D eigenvalue weighted by atomic mass is 16.4. The van der Waals surface area contributed by atoms with E-state index < -0.39 is 18.5 Å². The molecule has 108 valence electrons. The van der Waals surface area contributed by atoms with Gasteiger partial charge in [0, 0.05) is 11.7 Å². The van der Waals surface area contributed by atoms with Gasteiger partial charge in [0.05, 0.1) is 0 Å². The predicted molar refractivity (Wildman–Crippen MR) is 73.9 cm³/mol. The van der Waals surface area contributed by atoms with Crippen LogP contribution in [0, 0.1) is 0 Å². The minimum absolute atomic E-state index is 0.0697. The smallest absolute Gasteiger partial charge is 0.323 e. The number of nitrogens with zero attached hydrogens (tertiary/aromatic N) is 1. The lowest BCUT2D eigenvalue weighted by molar-refractivity contribution is -0.135. The molecule has 1 saturated carbocycles. The summed E-state index contributed by atoms with van der Waals surface area (Å²) in [6.07, 6.45) is 4.04. The van der Waals surface area contributed by atoms with Crippen LogP contribution < -0.4 is 10.2 Å². The lowest BCUT2D eigenvalue weighted by atomic mass is 10.2. The van der Waals surface area contributed by atoms with Gasteiger partial charge in [0.1, 0.15) is 12.3 Å². The number of benzene rings is 1. The molecule has 1 aliphatic carbocycles. The second-order valence-corrected chi connectivity index (χ2v) is 4.93. The van der Waals surface area contributed by atoms with Gasteiger partial charge in [0.2, 0.25) is 0 Å². The van der Waals surface area contributed by atoms with Crippen LogP contribution in [-0.4, -0.2) is 34.8 Å². The molecule has 0 spiro atoms. The fourth-order valence-corrected chi connectivity index (χ4v) is 2.37. The van der Waals surface area contributed by atoms with Crippen molar-refractivity contribution in [3.63, 3.8) is 0 Å². The van der Waals surface area contributed by atoms with Gasteiger partial charge in [-0.25, -0.2) is 4.79 Å². The third kappa shape index (κ3) is 3.63. The Bertz CT molecular complexity index is 480. The highest BCUT2D eigenvalue weighted by Crippen LogP contribution is 2.21. The number of carboxylic acids is 1. The van der Waals surface area contributed by atoms with Gasteiger partial charge < -0.3 is 15.5 Å². The van der Waals surface area contributed by atoms with Gasteiger partial charge in [0.15, 0.2) is 0 Å². The Balaban J connectivity index is 2.11. The molecule has 0 aromatic heterocycles. The molecule has 2 rings (SSSR count). The maximum atomic E-state index is 12.2. The normalized spacial score (nSPS) is 15.0. The molecule has 1 aromatic carbocycles. The van der Waals surface area contributed by atoms with Crippen molar-refractivity contribution in [3.8, 4) is 5.75 Å². The van der Waals surface area contributed by atoms with Crippen molar-refractivity contribution in [2.75, 3.05) is 11.4 Å². The molecule has 0 aliphatic heterocycles. The SMILES string of the molecule is O=C(O)CN(C(=O)NC1CCCC1)c1ccc(O)cc1. The van der Waals surface area contributed by atoms with E-state index in [1.165, 1.54) is 29.2 Å². The van der Waals surface area contributed by atoms with Gasteiger partial charge in [-0.15, -0.1) is 0 Å². The first kappa shape index (κ1) is 14.2. The summed E-state index contributed by atoms with van der Waals surface area (Å²) >= 11 is 0. The standard InChI is InChI=1S/C14H18N2O4/c17-12-7-5-11(6-8-12)16(9-13(18)19)14(20)15-10-3-1-2-4-10/h5-8,10,17H,1-4,9H2,(H,15,20)(H,18,19). The Morgan fingerprint density at radius 1 is 1.20 bits per heavy atom. The van der Waals surface area contributed by atoms with E-state index in [1.54, 1.807) is 0 Å². The van der Waals surface area contributed by atoms with Crippen LogP contribution in [-0.2, 0) is 4.79 Å². The van der Waals surface area contributed by atoms with Gasteiger partial charge in [-0.1, -0.05) is 12.8 Å². The Hall–Kier alpha value is -2.24. The van der Waals surface area contributed by atoms with Crippen molar-refractivity contribution in [3.05, 3.63) is 24.3 Å². The number of carbonyl (C=O) groups is 2. The fraction of sp³-hybridized carbons (Fsp3) is 0.429. The number of carbonyl (C=O) groups excluding carboxylic acids is 1. The quantitative estimate of drug-likeness (QED) is 0.785. The van der Waals surface area contributed by atoms with Gasteiger partial charge >= 0.3 is 12.0 Å². The van der Waals surface area contributed by atoms with E-state index in [1.807, 2.05) is 0 Å². The van der Waals surface area contributed by atoms with E-state index in [0.717, 1.165) is 25.7 Å². The summed E-state index contributed by atoms with van der Waals surface area (Å²) in [7, 11) is 0. The topological polar surface area (TPSA) is 89.9 Å². The maximum Gasteiger partial charge on any atom is 0.323 e. The summed E-state index contributed by atoms with van der Waals surface area (Å²) in [6, 6.07) is 5.60. The monoisotopic (exact) mass is 278 g/mol. The zero-order valence-corrected chi connectivity index (χ0v) is 11.1. The van der Waals surface area contributed by atoms with Gasteiger partial charge in [-0.3, -0.25) is 9.69 Å². The van der Waals surface area contributed by atoms with Crippen molar-refractivity contribution in [2.45, 2.75) is 31.7 Å². The van der Waals surface area contributed by atoms with Crippen LogP contribution >= 0.6 is 0 Å². The molecular formula is C14H18N2O4. The zero-order valence-electron chi connectivity index (χ0n) is 11.1. The van der Waals surface area contributed by atoms with Crippen molar-refractivity contribution in [1.29, 1.82) is 0 Å². The molecule has 20 heavy (non-hydrogen) atoms. The van der Waals surface area contributed by atoms with E-state index in [0.29, 0.717) is 5.69 Å². The van der Waals surface area contributed by atoms with Crippen molar-refractivity contribution < 1.29 is 19.8 Å². The molecule has 1 fully saturated rings. The molecule has 0 atom stereocenters. The molecule has 1 aromatic rings. The van der Waals surface area contributed by atoms with E-state index in [9.17, 15) is 14.7 Å². The van der Waals surface area contributed by atoms with Gasteiger partial charge in [-0.2, -0.15) is 0 Å². The summed E-state index contributed by atoms with van der Waals surface area (Å²) < 4.78 is 0. The number of phenols is 1. The Labute approximate surface area is 117 Å². The number of nitrogens with one attached hydrogen (secondary N) is 1. The zero-order chi connectivity index (χ0) is 14.5. The predicted octanol–water partition coefficient (Wildman–Crippen LogP) is 1.94. The van der Waals surface area contributed by atoms with Crippen LogP contribution in [0.5, 0.6) is 5.75 Å². The third-order valence-electron chi connectivity index (χ3n) is 3.38. The number of rotatable bonds is 4. The van der Waals surface area contributed by atoms with E-state index in [4.69, 9.17) is 5.11 Å². The number of urea groups is 1. The molecule has 6 nitrogen and oxygen atoms in total. The van der Waals surface area contributed by atoms with Crippen LogP contribution in [0.15, 0.2) is 24.3 Å². The molecular weight excluding hydrogens is 260 g/mol. The largest absolute Gasteiger partial charge is 0.508 e. The first-order chi connectivity index (χ1) is 9.56. The fourth-order valence-electron chi connectivity index (χ4n) is 2.37. The molecule has 0 heterocycles. The Kier molecular flexibility index (Phi) is 4.45. The number of hydrogen-bond donors (Lipinski definition) is 3. The number of hydrogen-bond acceptors (Lipinski definition) is 3. The van der Waals surface area contributed by atoms with Crippen molar-refractivity contribution in [1.82, 2.24) is 5.32 Å². The number of aromatic hydroxyl groups is 1. The summed E-state index contributed by atoms with van der Waals surface area (Å²) in [5, 5.41) is 21.1. The highest BCUT2D eigenvalue weighted by Gasteiger charge is 2.23. The molecule has 1 aliphatic rings. The van der Waals surface area contributed by atoms with Crippen molar-refractivity contribution >= 4 is 17.7 Å². The number of anilines is 1. The molecule has 0 radical (unpaired) electrons. The van der Waals surface area contributed by atoms with Gasteiger partial charge in [0.25, 0.3) is 0 Å². The summed E-state index contributed by atoms with van der Waals surface area (Å²) in [6.45, 7) is -0.413. The third-order valence-corrected chi connectivity index (χ3v) is 3.38. The first-order valence-electron chi connectivity index (χ1n) is 6.65. The molecule has 0 saturated heterocycles. The van der Waals surface area contributed by atoms with Crippen LogP contribution in [0.4, 0.5) is 10.5 Å². The van der Waals surface area contributed by atoms with E-state index >= 15 is 0 Å². The van der Waals surface area contributed by atoms with Crippen LogP contribution in [0.2, 0.25) is 0 Å². The number of aliphatic carboxylic acids is 1. The minimum Gasteiger partial charge on any atom is -0.508 e. The molecule has 2 amide bonds. The minimum atomic E-state index is -1.08.